The number of amides is 1. The first-order valence-corrected chi connectivity index (χ1v) is 10.3. The van der Waals surface area contributed by atoms with Crippen LogP contribution in [-0.2, 0) is 16.6 Å². The highest BCUT2D eigenvalue weighted by Gasteiger charge is 2.20. The number of carbonyl (C=O) groups is 1. The summed E-state index contributed by atoms with van der Waals surface area (Å²) in [5, 5.41) is 7.25. The van der Waals surface area contributed by atoms with Gasteiger partial charge < -0.3 is 14.4 Å². The van der Waals surface area contributed by atoms with Crippen molar-refractivity contribution >= 4 is 26.7 Å². The van der Waals surface area contributed by atoms with Gasteiger partial charge in [-0.15, -0.1) is 0 Å². The molecule has 0 heterocycles. The topological polar surface area (TPSA) is 98.9 Å². The molecule has 3 aromatic rings. The minimum absolute atomic E-state index is 0.132. The lowest BCUT2D eigenvalue weighted by molar-refractivity contribution is 0.0781. The van der Waals surface area contributed by atoms with Gasteiger partial charge in [-0.3, -0.25) is 4.79 Å². The number of benzene rings is 3. The minimum atomic E-state index is -3.94. The maximum absolute atomic E-state index is 12.9. The van der Waals surface area contributed by atoms with E-state index in [4.69, 9.17) is 14.6 Å². The van der Waals surface area contributed by atoms with Crippen LogP contribution in [0.5, 0.6) is 11.5 Å². The van der Waals surface area contributed by atoms with E-state index in [-0.39, 0.29) is 22.1 Å². The van der Waals surface area contributed by atoms with Crippen LogP contribution in [0.3, 0.4) is 0 Å². The van der Waals surface area contributed by atoms with Crippen molar-refractivity contribution in [1.82, 2.24) is 4.90 Å². The molecule has 0 radical (unpaired) electrons. The molecule has 0 aromatic heterocycles. The van der Waals surface area contributed by atoms with E-state index < -0.39 is 10.0 Å². The van der Waals surface area contributed by atoms with Crippen molar-refractivity contribution in [2.75, 3.05) is 21.3 Å². The Labute approximate surface area is 169 Å². The van der Waals surface area contributed by atoms with E-state index in [0.29, 0.717) is 6.54 Å². The van der Waals surface area contributed by atoms with Crippen LogP contribution in [0.1, 0.15) is 15.9 Å². The Morgan fingerprint density at radius 2 is 1.66 bits per heavy atom. The van der Waals surface area contributed by atoms with Crippen LogP contribution >= 0.6 is 0 Å². The number of ether oxygens (including phenoxy) is 2. The summed E-state index contributed by atoms with van der Waals surface area (Å²) in [6, 6.07) is 15.6. The fourth-order valence-electron chi connectivity index (χ4n) is 3.08. The lowest BCUT2D eigenvalue weighted by Gasteiger charge is -2.19. The molecule has 0 saturated heterocycles. The van der Waals surface area contributed by atoms with E-state index in [2.05, 4.69) is 0 Å². The molecule has 8 heteroatoms. The predicted molar refractivity (Wildman–Crippen MR) is 111 cm³/mol. The second kappa shape index (κ2) is 8.10. The number of carbonyl (C=O) groups excluding carboxylic acids is 1. The maximum atomic E-state index is 12.9. The normalized spacial score (nSPS) is 11.3. The summed E-state index contributed by atoms with van der Waals surface area (Å²) in [6.07, 6.45) is 0. The lowest BCUT2D eigenvalue weighted by Crippen LogP contribution is -2.27. The zero-order valence-electron chi connectivity index (χ0n) is 16.4. The largest absolute Gasteiger partial charge is 0.497 e. The number of hydrogen-bond acceptors (Lipinski definition) is 5. The van der Waals surface area contributed by atoms with Gasteiger partial charge in [0, 0.05) is 13.6 Å². The Morgan fingerprint density at radius 1 is 0.966 bits per heavy atom. The fraction of sp³-hybridized carbons (Fsp3) is 0.190. The summed E-state index contributed by atoms with van der Waals surface area (Å²) in [7, 11) is 0.745. The molecule has 0 atom stereocenters. The third-order valence-electron chi connectivity index (χ3n) is 4.61. The highest BCUT2D eigenvalue weighted by atomic mass is 32.2. The Balaban J connectivity index is 1.88. The summed E-state index contributed by atoms with van der Waals surface area (Å²) in [4.78, 5) is 14.3. The highest BCUT2D eigenvalue weighted by molar-refractivity contribution is 7.89. The van der Waals surface area contributed by atoms with E-state index in [1.54, 1.807) is 14.2 Å². The van der Waals surface area contributed by atoms with E-state index >= 15 is 0 Å². The van der Waals surface area contributed by atoms with Gasteiger partial charge in [-0.25, -0.2) is 13.6 Å². The van der Waals surface area contributed by atoms with Crippen LogP contribution in [0, 0.1) is 0 Å². The highest BCUT2D eigenvalue weighted by Crippen LogP contribution is 2.25. The molecule has 0 saturated carbocycles. The van der Waals surface area contributed by atoms with Gasteiger partial charge in [0.25, 0.3) is 5.91 Å². The fourth-order valence-corrected chi connectivity index (χ4v) is 3.62. The van der Waals surface area contributed by atoms with Crippen LogP contribution in [0.2, 0.25) is 0 Å². The molecular weight excluding hydrogens is 392 g/mol. The molecule has 0 spiro atoms. The summed E-state index contributed by atoms with van der Waals surface area (Å²) < 4.78 is 33.7. The molecular formula is C21H22N2O5S. The zero-order chi connectivity index (χ0) is 21.2. The molecule has 0 aliphatic carbocycles. The standard InChI is InChI=1S/C21H22N2O5S/c1-23(13-14-4-5-16-11-17(27-2)7-6-15(16)10-14)21(24)19-12-18(29(22,25)26)8-9-20(19)28-3/h4-12H,13H2,1-3H3,(H2,22,25,26). The summed E-state index contributed by atoms with van der Waals surface area (Å²) in [6.45, 7) is 0.337. The molecule has 0 bridgehead atoms. The Bertz CT molecular complexity index is 1170. The zero-order valence-corrected chi connectivity index (χ0v) is 17.2. The molecule has 1 amide bonds. The maximum Gasteiger partial charge on any atom is 0.257 e. The van der Waals surface area contributed by atoms with Crippen LogP contribution in [0.15, 0.2) is 59.5 Å². The number of hydrogen-bond donors (Lipinski definition) is 1. The number of rotatable bonds is 6. The van der Waals surface area contributed by atoms with E-state index in [1.807, 2.05) is 36.4 Å². The van der Waals surface area contributed by atoms with E-state index in [1.165, 1.54) is 30.2 Å². The van der Waals surface area contributed by atoms with Crippen molar-refractivity contribution < 1.29 is 22.7 Å². The van der Waals surface area contributed by atoms with E-state index in [9.17, 15) is 13.2 Å². The third kappa shape index (κ3) is 4.49. The molecule has 152 valence electrons. The molecule has 2 N–H and O–H groups in total. The molecule has 0 unspecified atom stereocenters. The number of nitrogens with zero attached hydrogens (tertiary/aromatic N) is 1. The Kier molecular flexibility index (Phi) is 5.76. The van der Waals surface area contributed by atoms with Gasteiger partial charge in [0.15, 0.2) is 0 Å². The first kappa shape index (κ1) is 20.6. The Morgan fingerprint density at radius 3 is 2.31 bits per heavy atom. The summed E-state index contributed by atoms with van der Waals surface area (Å²) in [5.41, 5.74) is 1.06. The van der Waals surface area contributed by atoms with Crippen molar-refractivity contribution in [1.29, 1.82) is 0 Å². The number of primary sulfonamides is 1. The number of methoxy groups -OCH3 is 2. The van der Waals surface area contributed by atoms with Gasteiger partial charge in [-0.1, -0.05) is 18.2 Å². The molecule has 7 nitrogen and oxygen atoms in total. The van der Waals surface area contributed by atoms with Crippen molar-refractivity contribution in [2.24, 2.45) is 5.14 Å². The van der Waals surface area contributed by atoms with E-state index in [0.717, 1.165) is 22.1 Å². The van der Waals surface area contributed by atoms with Crippen LogP contribution in [0.4, 0.5) is 0 Å². The molecule has 0 aliphatic rings. The quantitative estimate of drug-likeness (QED) is 0.669. The van der Waals surface area contributed by atoms with Crippen molar-refractivity contribution in [2.45, 2.75) is 11.4 Å². The smallest absolute Gasteiger partial charge is 0.257 e. The van der Waals surface area contributed by atoms with Gasteiger partial charge in [0.2, 0.25) is 10.0 Å². The summed E-state index contributed by atoms with van der Waals surface area (Å²) in [5.74, 6) is 0.682. The lowest BCUT2D eigenvalue weighted by atomic mass is 10.1. The molecule has 0 fully saturated rings. The predicted octanol–water partition coefficient (Wildman–Crippen LogP) is 2.78. The van der Waals surface area contributed by atoms with Crippen molar-refractivity contribution in [3.8, 4) is 11.5 Å². The number of fused-ring (bicyclic) bond motifs is 1. The van der Waals surface area contributed by atoms with Gasteiger partial charge in [0.1, 0.15) is 11.5 Å². The second-order valence-electron chi connectivity index (χ2n) is 6.62. The van der Waals surface area contributed by atoms with Gasteiger partial charge in [-0.2, -0.15) is 0 Å². The molecule has 29 heavy (non-hydrogen) atoms. The third-order valence-corrected chi connectivity index (χ3v) is 5.52. The number of nitrogens with two attached hydrogens (primary N) is 1. The first-order valence-electron chi connectivity index (χ1n) is 8.76. The number of sulfonamides is 1. The average Bonchev–Trinajstić information content (AvgIpc) is 2.71. The second-order valence-corrected chi connectivity index (χ2v) is 8.18. The van der Waals surface area contributed by atoms with Crippen molar-refractivity contribution in [3.63, 3.8) is 0 Å². The van der Waals surface area contributed by atoms with Crippen molar-refractivity contribution in [3.05, 3.63) is 65.7 Å². The monoisotopic (exact) mass is 414 g/mol. The van der Waals surface area contributed by atoms with Crippen LogP contribution in [-0.4, -0.2) is 40.5 Å². The first-order chi connectivity index (χ1) is 13.7. The van der Waals surface area contributed by atoms with Crippen LogP contribution < -0.4 is 14.6 Å². The van der Waals surface area contributed by atoms with Gasteiger partial charge in [0.05, 0.1) is 24.7 Å². The Hall–Kier alpha value is -3.10. The van der Waals surface area contributed by atoms with Gasteiger partial charge in [-0.05, 0) is 52.7 Å². The van der Waals surface area contributed by atoms with Crippen LogP contribution in [0.25, 0.3) is 10.8 Å². The summed E-state index contributed by atoms with van der Waals surface area (Å²) >= 11 is 0. The molecule has 3 aromatic carbocycles. The molecule has 3 rings (SSSR count). The SMILES string of the molecule is COc1ccc2cc(CN(C)C(=O)c3cc(S(N)(=O)=O)ccc3OC)ccc2c1. The van der Waals surface area contributed by atoms with Gasteiger partial charge >= 0.3 is 0 Å². The average molecular weight is 414 g/mol. The molecule has 0 aliphatic heterocycles. The minimum Gasteiger partial charge on any atom is -0.497 e.